The maximum Gasteiger partial charge on any atom is 0.204 e. The second-order valence-corrected chi connectivity index (χ2v) is 5.95. The summed E-state index contributed by atoms with van der Waals surface area (Å²) in [6.07, 6.45) is 1.37. The predicted molar refractivity (Wildman–Crippen MR) is 75.1 cm³/mol. The molecule has 4 atom stereocenters. The van der Waals surface area contributed by atoms with Crippen LogP contribution in [0.1, 0.15) is 25.3 Å². The van der Waals surface area contributed by atoms with Gasteiger partial charge in [-0.05, 0) is 11.5 Å². The largest absolute Gasteiger partial charge is 0.493 e. The zero-order chi connectivity index (χ0) is 14.5. The number of hydrogen-bond acceptors (Lipinski definition) is 3. The van der Waals surface area contributed by atoms with Crippen molar-refractivity contribution in [3.05, 3.63) is 47.7 Å². The highest BCUT2D eigenvalue weighted by Crippen LogP contribution is 2.63. The van der Waals surface area contributed by atoms with Gasteiger partial charge in [0.2, 0.25) is 5.78 Å². The fourth-order valence-electron chi connectivity index (χ4n) is 4.21. The summed E-state index contributed by atoms with van der Waals surface area (Å²) in [5.74, 6) is 0.193. The van der Waals surface area contributed by atoms with Crippen LogP contribution in [0.5, 0.6) is 0 Å². The van der Waals surface area contributed by atoms with Crippen molar-refractivity contribution >= 4 is 11.6 Å². The Balaban J connectivity index is 2.08. The lowest BCUT2D eigenvalue weighted by molar-refractivity contribution is -0.159. The first kappa shape index (κ1) is 13.1. The average molecular weight is 270 g/mol. The molecule has 2 aliphatic rings. The second kappa shape index (κ2) is 4.30. The molecular weight excluding hydrogens is 252 g/mol. The monoisotopic (exact) mass is 270 g/mol. The van der Waals surface area contributed by atoms with E-state index in [0.717, 1.165) is 5.56 Å². The van der Waals surface area contributed by atoms with Crippen LogP contribution in [-0.4, -0.2) is 18.7 Å². The topological polar surface area (TPSA) is 43.4 Å². The van der Waals surface area contributed by atoms with Gasteiger partial charge >= 0.3 is 0 Å². The number of allylic oxidation sites excluding steroid dienone is 2. The molecule has 1 saturated carbocycles. The maximum absolute atomic E-state index is 12.7. The van der Waals surface area contributed by atoms with Crippen molar-refractivity contribution in [1.82, 2.24) is 0 Å². The van der Waals surface area contributed by atoms with E-state index in [0.29, 0.717) is 0 Å². The number of carbonyl (C=O) groups is 2. The molecule has 1 fully saturated rings. The number of ether oxygens (including phenoxy) is 1. The van der Waals surface area contributed by atoms with Crippen molar-refractivity contribution in [3.8, 4) is 0 Å². The molecule has 0 amide bonds. The van der Waals surface area contributed by atoms with E-state index in [1.807, 2.05) is 37.3 Å². The van der Waals surface area contributed by atoms with Gasteiger partial charge in [-0.25, -0.2) is 0 Å². The van der Waals surface area contributed by atoms with Crippen LogP contribution in [0.15, 0.2) is 42.2 Å². The van der Waals surface area contributed by atoms with E-state index in [2.05, 4.69) is 6.92 Å². The number of carbonyl (C=O) groups excluding carboxylic acids is 2. The lowest BCUT2D eigenvalue weighted by Crippen LogP contribution is -2.61. The Morgan fingerprint density at radius 2 is 1.75 bits per heavy atom. The number of Topliss-reactive ketones (excluding diaryl/α,β-unsaturated/α-hetero) is 1. The van der Waals surface area contributed by atoms with E-state index >= 15 is 0 Å². The Bertz CT molecular complexity index is 602. The van der Waals surface area contributed by atoms with E-state index < -0.39 is 5.41 Å². The molecule has 1 aromatic carbocycles. The molecule has 3 nitrogen and oxygen atoms in total. The van der Waals surface area contributed by atoms with Gasteiger partial charge in [0, 0.05) is 17.9 Å². The normalized spacial score (nSPS) is 36.0. The summed E-state index contributed by atoms with van der Waals surface area (Å²) in [5, 5.41) is 0. The smallest absolute Gasteiger partial charge is 0.204 e. The zero-order valence-corrected chi connectivity index (χ0v) is 11.9. The standard InChI is InChI=1S/C17H18O3/c1-10-14(11-7-5-4-6-8-11)17(2)15(10)12(18)9-13(20-3)16(17)19/h4-10,14-15H,1-3H3/t10-,14+,15-,17-/m1/s1. The van der Waals surface area contributed by atoms with E-state index in [9.17, 15) is 9.59 Å². The molecular formula is C17H18O3. The molecule has 0 N–H and O–H groups in total. The molecule has 0 saturated heterocycles. The summed E-state index contributed by atoms with van der Waals surface area (Å²) in [7, 11) is 1.44. The van der Waals surface area contributed by atoms with Crippen molar-refractivity contribution in [3.63, 3.8) is 0 Å². The van der Waals surface area contributed by atoms with Gasteiger partial charge in [0.15, 0.2) is 11.5 Å². The molecule has 20 heavy (non-hydrogen) atoms. The molecule has 0 unspecified atom stereocenters. The molecule has 0 aliphatic heterocycles. The summed E-state index contributed by atoms with van der Waals surface area (Å²) < 4.78 is 5.10. The van der Waals surface area contributed by atoms with Gasteiger partial charge < -0.3 is 4.74 Å². The number of rotatable bonds is 2. The molecule has 0 radical (unpaired) electrons. The predicted octanol–water partition coefficient (Wildman–Crippen LogP) is 2.72. The Morgan fingerprint density at radius 1 is 1.10 bits per heavy atom. The molecule has 0 heterocycles. The third kappa shape index (κ3) is 1.46. The zero-order valence-electron chi connectivity index (χ0n) is 11.9. The van der Waals surface area contributed by atoms with Gasteiger partial charge in [-0.2, -0.15) is 0 Å². The number of methoxy groups -OCH3 is 1. The quantitative estimate of drug-likeness (QED) is 0.830. The fraction of sp³-hybridized carbons (Fsp3) is 0.412. The summed E-state index contributed by atoms with van der Waals surface area (Å²) in [6.45, 7) is 3.96. The van der Waals surface area contributed by atoms with E-state index in [1.165, 1.54) is 13.2 Å². The fourth-order valence-corrected chi connectivity index (χ4v) is 4.21. The molecule has 0 aromatic heterocycles. The molecule has 2 aliphatic carbocycles. The highest BCUT2D eigenvalue weighted by molar-refractivity contribution is 6.13. The molecule has 3 rings (SSSR count). The minimum Gasteiger partial charge on any atom is -0.493 e. The van der Waals surface area contributed by atoms with Gasteiger partial charge in [0.1, 0.15) is 0 Å². The second-order valence-electron chi connectivity index (χ2n) is 5.95. The van der Waals surface area contributed by atoms with Crippen molar-refractivity contribution < 1.29 is 14.3 Å². The van der Waals surface area contributed by atoms with E-state index in [4.69, 9.17) is 4.74 Å². The molecule has 0 bridgehead atoms. The SMILES string of the molecule is COC1=CC(=O)[C@H]2[C@H](C)[C@@H](c3ccccc3)[C@@]2(C)C1=O. The first-order chi connectivity index (χ1) is 9.51. The summed E-state index contributed by atoms with van der Waals surface area (Å²) in [5.41, 5.74) is 0.454. The van der Waals surface area contributed by atoms with Crippen molar-refractivity contribution in [2.45, 2.75) is 19.8 Å². The summed E-state index contributed by atoms with van der Waals surface area (Å²) in [6, 6.07) is 9.97. The van der Waals surface area contributed by atoms with Crippen LogP contribution in [0.2, 0.25) is 0 Å². The highest BCUT2D eigenvalue weighted by Gasteiger charge is 2.66. The number of hydrogen-bond donors (Lipinski definition) is 0. The van der Waals surface area contributed by atoms with Crippen LogP contribution in [0, 0.1) is 17.3 Å². The van der Waals surface area contributed by atoms with Crippen LogP contribution < -0.4 is 0 Å². The minimum absolute atomic E-state index is 0.0173. The lowest BCUT2D eigenvalue weighted by atomic mass is 9.42. The van der Waals surface area contributed by atoms with Gasteiger partial charge in [-0.1, -0.05) is 44.2 Å². The van der Waals surface area contributed by atoms with Crippen molar-refractivity contribution in [1.29, 1.82) is 0 Å². The summed E-state index contributed by atoms with van der Waals surface area (Å²) in [4.78, 5) is 24.9. The Hall–Kier alpha value is -1.90. The molecule has 1 aromatic rings. The summed E-state index contributed by atoms with van der Waals surface area (Å²) >= 11 is 0. The number of benzene rings is 1. The van der Waals surface area contributed by atoms with Crippen LogP contribution in [0.4, 0.5) is 0 Å². The highest BCUT2D eigenvalue weighted by atomic mass is 16.5. The Morgan fingerprint density at radius 3 is 2.35 bits per heavy atom. The van der Waals surface area contributed by atoms with Crippen LogP contribution in [0.3, 0.4) is 0 Å². The van der Waals surface area contributed by atoms with Gasteiger partial charge in [-0.3, -0.25) is 9.59 Å². The average Bonchev–Trinajstić information content (AvgIpc) is 2.43. The van der Waals surface area contributed by atoms with Gasteiger partial charge in [-0.15, -0.1) is 0 Å². The first-order valence-electron chi connectivity index (χ1n) is 6.91. The van der Waals surface area contributed by atoms with Crippen LogP contribution in [-0.2, 0) is 14.3 Å². The minimum atomic E-state index is -0.669. The lowest BCUT2D eigenvalue weighted by Gasteiger charge is -2.58. The van der Waals surface area contributed by atoms with E-state index in [1.54, 1.807) is 0 Å². The van der Waals surface area contributed by atoms with Crippen molar-refractivity contribution in [2.24, 2.45) is 17.3 Å². The van der Waals surface area contributed by atoms with E-state index in [-0.39, 0.29) is 35.1 Å². The maximum atomic E-state index is 12.7. The van der Waals surface area contributed by atoms with Crippen molar-refractivity contribution in [2.75, 3.05) is 7.11 Å². The Kier molecular flexibility index (Phi) is 2.82. The molecule has 3 heteroatoms. The third-order valence-corrected chi connectivity index (χ3v) is 5.02. The van der Waals surface area contributed by atoms with Gasteiger partial charge in [0.05, 0.1) is 12.5 Å². The number of ketones is 2. The molecule has 104 valence electrons. The number of fused-ring (bicyclic) bond motifs is 1. The molecule has 0 spiro atoms. The first-order valence-corrected chi connectivity index (χ1v) is 6.91. The van der Waals surface area contributed by atoms with Crippen LogP contribution in [0.25, 0.3) is 0 Å². The third-order valence-electron chi connectivity index (χ3n) is 5.02. The van der Waals surface area contributed by atoms with Crippen LogP contribution >= 0.6 is 0 Å². The Labute approximate surface area is 118 Å². The van der Waals surface area contributed by atoms with Gasteiger partial charge in [0.25, 0.3) is 0 Å².